The van der Waals surface area contributed by atoms with Crippen LogP contribution in [-0.4, -0.2) is 42.5 Å². The number of hydrogen-bond acceptors (Lipinski definition) is 3. The number of carbonyl (C=O) groups excluding carboxylic acids is 1. The van der Waals surface area contributed by atoms with Crippen LogP contribution in [0.25, 0.3) is 0 Å². The Morgan fingerprint density at radius 2 is 2.05 bits per heavy atom. The standard InChI is InChI=1S/C18H27N3O/c1-3-13-5-4-6-14(9-13)20-18(22)12-21(2)17-10-15-7-8-16(11-17)19-15/h4-6,9,15-17,19H,3,7-8,10-12H2,1-2H3,(H,20,22). The summed E-state index contributed by atoms with van der Waals surface area (Å²) in [6.07, 6.45) is 5.93. The number of rotatable bonds is 5. The summed E-state index contributed by atoms with van der Waals surface area (Å²) in [5.41, 5.74) is 2.16. The number of benzene rings is 1. The zero-order chi connectivity index (χ0) is 15.5. The van der Waals surface area contributed by atoms with Crippen molar-refractivity contribution >= 4 is 11.6 Å². The van der Waals surface area contributed by atoms with Crippen molar-refractivity contribution in [3.05, 3.63) is 29.8 Å². The molecule has 0 spiro atoms. The summed E-state index contributed by atoms with van der Waals surface area (Å²) in [6, 6.07) is 9.97. The van der Waals surface area contributed by atoms with E-state index in [2.05, 4.69) is 41.6 Å². The molecule has 0 aliphatic carbocycles. The minimum Gasteiger partial charge on any atom is -0.325 e. The van der Waals surface area contributed by atoms with Gasteiger partial charge >= 0.3 is 0 Å². The van der Waals surface area contributed by atoms with Gasteiger partial charge in [-0.1, -0.05) is 19.1 Å². The molecule has 2 bridgehead atoms. The van der Waals surface area contributed by atoms with Gasteiger partial charge in [-0.2, -0.15) is 0 Å². The maximum absolute atomic E-state index is 12.3. The van der Waals surface area contributed by atoms with Crippen molar-refractivity contribution in [3.8, 4) is 0 Å². The van der Waals surface area contributed by atoms with Gasteiger partial charge in [0.15, 0.2) is 0 Å². The average molecular weight is 301 g/mol. The van der Waals surface area contributed by atoms with Crippen LogP contribution < -0.4 is 10.6 Å². The number of fused-ring (bicyclic) bond motifs is 2. The summed E-state index contributed by atoms with van der Waals surface area (Å²) < 4.78 is 0. The lowest BCUT2D eigenvalue weighted by Gasteiger charge is -2.35. The van der Waals surface area contributed by atoms with Gasteiger partial charge in [-0.3, -0.25) is 9.69 Å². The predicted octanol–water partition coefficient (Wildman–Crippen LogP) is 2.40. The summed E-state index contributed by atoms with van der Waals surface area (Å²) in [4.78, 5) is 14.5. The molecule has 22 heavy (non-hydrogen) atoms. The molecule has 2 atom stereocenters. The molecule has 2 aliphatic heterocycles. The van der Waals surface area contributed by atoms with E-state index in [-0.39, 0.29) is 5.91 Å². The third kappa shape index (κ3) is 3.68. The number of amides is 1. The van der Waals surface area contributed by atoms with Crippen molar-refractivity contribution in [1.29, 1.82) is 0 Å². The Morgan fingerprint density at radius 1 is 1.32 bits per heavy atom. The molecule has 0 saturated carbocycles. The summed E-state index contributed by atoms with van der Waals surface area (Å²) in [5, 5.41) is 6.68. The highest BCUT2D eigenvalue weighted by atomic mass is 16.2. The van der Waals surface area contributed by atoms with Gasteiger partial charge in [0.25, 0.3) is 0 Å². The van der Waals surface area contributed by atoms with Crippen molar-refractivity contribution in [2.45, 2.75) is 57.2 Å². The first-order chi connectivity index (χ1) is 10.6. The first-order valence-corrected chi connectivity index (χ1v) is 8.49. The fourth-order valence-corrected chi connectivity index (χ4v) is 3.81. The number of nitrogens with one attached hydrogen (secondary N) is 2. The molecule has 2 unspecified atom stereocenters. The van der Waals surface area contributed by atoms with Crippen LogP contribution >= 0.6 is 0 Å². The van der Waals surface area contributed by atoms with Gasteiger partial charge in [0.05, 0.1) is 6.54 Å². The molecule has 3 rings (SSSR count). The molecule has 1 aromatic rings. The summed E-state index contributed by atoms with van der Waals surface area (Å²) in [7, 11) is 2.08. The lowest BCUT2D eigenvalue weighted by atomic mass is 9.98. The first-order valence-electron chi connectivity index (χ1n) is 8.49. The van der Waals surface area contributed by atoms with Crippen LogP contribution in [-0.2, 0) is 11.2 Å². The number of anilines is 1. The molecule has 2 N–H and O–H groups in total. The zero-order valence-electron chi connectivity index (χ0n) is 13.6. The van der Waals surface area contributed by atoms with Crippen molar-refractivity contribution in [3.63, 3.8) is 0 Å². The molecule has 0 radical (unpaired) electrons. The lowest BCUT2D eigenvalue weighted by Crippen LogP contribution is -2.48. The number of hydrogen-bond donors (Lipinski definition) is 2. The number of aryl methyl sites for hydroxylation is 1. The molecule has 2 fully saturated rings. The highest BCUT2D eigenvalue weighted by molar-refractivity contribution is 5.92. The molecular formula is C18H27N3O. The number of carbonyl (C=O) groups is 1. The van der Waals surface area contributed by atoms with Crippen molar-refractivity contribution in [2.24, 2.45) is 0 Å². The van der Waals surface area contributed by atoms with Gasteiger partial charge in [-0.25, -0.2) is 0 Å². The second-order valence-corrected chi connectivity index (χ2v) is 6.78. The maximum Gasteiger partial charge on any atom is 0.238 e. The highest BCUT2D eigenvalue weighted by Gasteiger charge is 2.35. The lowest BCUT2D eigenvalue weighted by molar-refractivity contribution is -0.117. The molecule has 2 aliphatic rings. The zero-order valence-corrected chi connectivity index (χ0v) is 13.6. The van der Waals surface area contributed by atoms with E-state index in [1.165, 1.54) is 31.2 Å². The van der Waals surface area contributed by atoms with Crippen LogP contribution in [0.3, 0.4) is 0 Å². The minimum atomic E-state index is 0.0848. The fourth-order valence-electron chi connectivity index (χ4n) is 3.81. The third-order valence-corrected chi connectivity index (χ3v) is 5.08. The predicted molar refractivity (Wildman–Crippen MR) is 90.0 cm³/mol. The maximum atomic E-state index is 12.3. The topological polar surface area (TPSA) is 44.4 Å². The van der Waals surface area contributed by atoms with E-state index in [0.29, 0.717) is 24.7 Å². The summed E-state index contributed by atoms with van der Waals surface area (Å²) in [5.74, 6) is 0.0848. The van der Waals surface area contributed by atoms with Crippen LogP contribution in [0.5, 0.6) is 0 Å². The Kier molecular flexibility index (Phi) is 4.79. The van der Waals surface area contributed by atoms with Gasteiger partial charge in [0, 0.05) is 23.8 Å². The molecule has 1 aromatic carbocycles. The Morgan fingerprint density at radius 3 is 2.73 bits per heavy atom. The van der Waals surface area contributed by atoms with E-state index >= 15 is 0 Å². The normalized spacial score (nSPS) is 27.1. The Labute approximate surface area is 133 Å². The number of nitrogens with zero attached hydrogens (tertiary/aromatic N) is 1. The molecule has 1 amide bonds. The minimum absolute atomic E-state index is 0.0848. The van der Waals surface area contributed by atoms with Crippen molar-refractivity contribution in [1.82, 2.24) is 10.2 Å². The first kappa shape index (κ1) is 15.5. The largest absolute Gasteiger partial charge is 0.325 e. The van der Waals surface area contributed by atoms with Gasteiger partial charge in [-0.15, -0.1) is 0 Å². The van der Waals surface area contributed by atoms with Crippen LogP contribution in [0, 0.1) is 0 Å². The second-order valence-electron chi connectivity index (χ2n) is 6.78. The number of likely N-dealkylation sites (N-methyl/N-ethyl adjacent to an activating group) is 1. The fraction of sp³-hybridized carbons (Fsp3) is 0.611. The van der Waals surface area contributed by atoms with E-state index in [1.807, 2.05) is 12.1 Å². The molecule has 4 nitrogen and oxygen atoms in total. The van der Waals surface area contributed by atoms with E-state index in [0.717, 1.165) is 12.1 Å². The van der Waals surface area contributed by atoms with Crippen LogP contribution in [0.4, 0.5) is 5.69 Å². The monoisotopic (exact) mass is 301 g/mol. The van der Waals surface area contributed by atoms with Crippen LogP contribution in [0.2, 0.25) is 0 Å². The molecule has 0 aromatic heterocycles. The SMILES string of the molecule is CCc1cccc(NC(=O)CN(C)C2CC3CCC(C2)N3)c1. The third-order valence-electron chi connectivity index (χ3n) is 5.08. The van der Waals surface area contributed by atoms with E-state index in [9.17, 15) is 4.79 Å². The Hall–Kier alpha value is -1.39. The van der Waals surface area contributed by atoms with Gasteiger partial charge < -0.3 is 10.6 Å². The van der Waals surface area contributed by atoms with Crippen molar-refractivity contribution < 1.29 is 4.79 Å². The molecule has 2 heterocycles. The van der Waals surface area contributed by atoms with Crippen LogP contribution in [0.1, 0.15) is 38.2 Å². The van der Waals surface area contributed by atoms with Crippen molar-refractivity contribution in [2.75, 3.05) is 18.9 Å². The second kappa shape index (κ2) is 6.80. The van der Waals surface area contributed by atoms with Gasteiger partial charge in [0.1, 0.15) is 0 Å². The van der Waals surface area contributed by atoms with E-state index in [1.54, 1.807) is 0 Å². The molecular weight excluding hydrogens is 274 g/mol. The van der Waals surface area contributed by atoms with E-state index < -0.39 is 0 Å². The van der Waals surface area contributed by atoms with E-state index in [4.69, 9.17) is 0 Å². The highest BCUT2D eigenvalue weighted by Crippen LogP contribution is 2.29. The van der Waals surface area contributed by atoms with Crippen LogP contribution in [0.15, 0.2) is 24.3 Å². The number of piperidine rings is 1. The molecule has 4 heteroatoms. The Balaban J connectivity index is 1.52. The Bertz CT molecular complexity index is 519. The quantitative estimate of drug-likeness (QED) is 0.878. The van der Waals surface area contributed by atoms with Gasteiger partial charge in [0.2, 0.25) is 5.91 Å². The smallest absolute Gasteiger partial charge is 0.238 e. The molecule has 2 saturated heterocycles. The molecule has 120 valence electrons. The summed E-state index contributed by atoms with van der Waals surface area (Å²) >= 11 is 0. The van der Waals surface area contributed by atoms with Gasteiger partial charge in [-0.05, 0) is 56.8 Å². The average Bonchev–Trinajstić information content (AvgIpc) is 2.85. The summed E-state index contributed by atoms with van der Waals surface area (Å²) in [6.45, 7) is 2.60.